The molecule has 0 aliphatic carbocycles. The van der Waals surface area contributed by atoms with Gasteiger partial charge in [0.15, 0.2) is 0 Å². The number of hydrogen-bond donors (Lipinski definition) is 1. The van der Waals surface area contributed by atoms with Crippen molar-refractivity contribution >= 4 is 12.3 Å². The Morgan fingerprint density at radius 1 is 0.800 bits per heavy atom. The molecule has 10 heavy (non-hydrogen) atoms. The molecular weight excluding hydrogens is 198 g/mol. The first-order valence-electron chi connectivity index (χ1n) is 1.22. The van der Waals surface area contributed by atoms with Crippen molar-refractivity contribution in [2.75, 3.05) is 0 Å². The van der Waals surface area contributed by atoms with E-state index in [1.165, 1.54) is 0 Å². The molecule has 4 N–H and O–H groups in total. The Kier molecular flexibility index (Phi) is 36.1. The third-order valence-electron chi connectivity index (χ3n) is 0. The summed E-state index contributed by atoms with van der Waals surface area (Å²) in [6, 6.07) is 0. The van der Waals surface area contributed by atoms with Gasteiger partial charge >= 0.3 is 0 Å². The Morgan fingerprint density at radius 2 is 0.800 bits per heavy atom. The molecule has 67 valence electrons. The van der Waals surface area contributed by atoms with E-state index in [1.54, 1.807) is 0 Å². The molecule has 0 amide bonds. The van der Waals surface area contributed by atoms with E-state index < -0.39 is 12.3 Å². The Balaban J connectivity index is -0.0000000300. The summed E-state index contributed by atoms with van der Waals surface area (Å²) in [7, 11) is 0. The molecule has 0 aromatic carbocycles. The van der Waals surface area contributed by atoms with Crippen molar-refractivity contribution in [2.45, 2.75) is 0 Å². The van der Waals surface area contributed by atoms with Crippen LogP contribution in [-0.2, 0) is 17.1 Å². The van der Waals surface area contributed by atoms with Gasteiger partial charge in [0.1, 0.15) is 0 Å². The predicted molar refractivity (Wildman–Crippen MR) is 16.8 cm³/mol. The number of quaternary nitrogens is 1. The maximum Gasteiger partial charge on any atom is 0 e. The van der Waals surface area contributed by atoms with Crippen LogP contribution in [0.5, 0.6) is 0 Å². The van der Waals surface area contributed by atoms with Crippen molar-refractivity contribution < 1.29 is 47.1 Å². The molecule has 0 atom stereocenters. The first kappa shape index (κ1) is 23.0. The van der Waals surface area contributed by atoms with Crippen LogP contribution >= 0.6 is 0 Å². The predicted octanol–water partition coefficient (Wildman–Crippen LogP) is -4.52. The maximum absolute atomic E-state index is 8.33. The van der Waals surface area contributed by atoms with E-state index >= 15 is 0 Å². The zero-order valence-corrected chi connectivity index (χ0v) is 5.69. The number of carboxylic acid groups (broad SMARTS) is 4. The van der Waals surface area contributed by atoms with Gasteiger partial charge in [0.2, 0.25) is 0 Å². The van der Waals surface area contributed by atoms with Gasteiger partial charge in [-0.05, 0) is 12.3 Å². The first-order chi connectivity index (χ1) is 3.46. The third kappa shape index (κ3) is 265. The summed E-state index contributed by atoms with van der Waals surface area (Å²) < 4.78 is 0. The van der Waals surface area contributed by atoms with E-state index in [2.05, 4.69) is 0 Å². The Morgan fingerprint density at radius 3 is 0.800 bits per heavy atom. The first-order valence-corrected chi connectivity index (χ1v) is 1.22. The van der Waals surface area contributed by atoms with Crippen LogP contribution in [0.2, 0.25) is 0 Å². The van der Waals surface area contributed by atoms with E-state index in [4.69, 9.17) is 30.0 Å². The molecule has 0 aliphatic rings. The molecule has 0 fully saturated rings. The standard InChI is InChI=1S/2CH2O3.Cu.H3N/c2*2-1(3)4;;/h2*(H2,2,3,4);;1H3/p-3. The maximum atomic E-state index is 8.33. The molecule has 0 saturated carbocycles. The van der Waals surface area contributed by atoms with Crippen LogP contribution in [0.1, 0.15) is 0 Å². The fourth-order valence-corrected chi connectivity index (χ4v) is 0. The minimum atomic E-state index is -2.33. The second-order valence-electron chi connectivity index (χ2n) is 0.500. The summed E-state index contributed by atoms with van der Waals surface area (Å²) >= 11 is 0. The van der Waals surface area contributed by atoms with Gasteiger partial charge in [0.05, 0.1) is 0 Å². The number of carbonyl (C=O) groups excluding carboxylic acids is 2. The summed E-state index contributed by atoms with van der Waals surface area (Å²) in [6.07, 6.45) is -4.67. The Labute approximate surface area is 66.3 Å². The van der Waals surface area contributed by atoms with E-state index in [0.717, 1.165) is 0 Å². The molecule has 0 aliphatic heterocycles. The average Bonchev–Trinajstić information content (AvgIpc) is 1.25. The van der Waals surface area contributed by atoms with E-state index in [0.29, 0.717) is 0 Å². The van der Waals surface area contributed by atoms with Crippen molar-refractivity contribution in [3.63, 3.8) is 0 Å². The van der Waals surface area contributed by atoms with Gasteiger partial charge < -0.3 is 36.2 Å². The van der Waals surface area contributed by atoms with Gasteiger partial charge in [0.25, 0.3) is 0 Å². The molecule has 0 aromatic heterocycles. The second kappa shape index (κ2) is 15.7. The number of carbonyl (C=O) groups is 2. The topological polar surface area (TPSA) is 163 Å². The molecule has 0 spiro atoms. The molecule has 0 aromatic rings. The monoisotopic (exact) mass is 201 g/mol. The van der Waals surface area contributed by atoms with Crippen molar-refractivity contribution in [2.24, 2.45) is 0 Å². The zero-order valence-electron chi connectivity index (χ0n) is 4.75. The minimum absolute atomic E-state index is 0. The molecule has 0 rings (SSSR count). The van der Waals surface area contributed by atoms with Crippen LogP contribution in [0, 0.1) is 0 Å². The Hall–Kier alpha value is -0.981. The molecular formula is C2H4CuNO6-3. The molecule has 8 heteroatoms. The van der Waals surface area contributed by atoms with Gasteiger partial charge in [0, 0.05) is 17.1 Å². The van der Waals surface area contributed by atoms with Crippen LogP contribution in [0.3, 0.4) is 0 Å². The van der Waals surface area contributed by atoms with Crippen molar-refractivity contribution in [1.29, 1.82) is 0 Å². The van der Waals surface area contributed by atoms with Gasteiger partial charge in [-0.2, -0.15) is 0 Å². The van der Waals surface area contributed by atoms with Gasteiger partial charge in [-0.1, -0.05) is 0 Å². The normalized spacial score (nSPS) is 4.80. The SMILES string of the molecule is O=C([O-])[O-].O=C([O-])[O-].[Cu].[NH4+]. The summed E-state index contributed by atoms with van der Waals surface area (Å²) in [5, 5.41) is 33.3. The van der Waals surface area contributed by atoms with Crippen LogP contribution in [-0.4, -0.2) is 12.3 Å². The van der Waals surface area contributed by atoms with Crippen molar-refractivity contribution in [1.82, 2.24) is 6.15 Å². The molecule has 0 heterocycles. The van der Waals surface area contributed by atoms with Crippen LogP contribution in [0.25, 0.3) is 0 Å². The Bertz CT molecular complexity index is 73.7. The second-order valence-corrected chi connectivity index (χ2v) is 0.500. The molecule has 0 unspecified atom stereocenters. The van der Waals surface area contributed by atoms with E-state index in [-0.39, 0.29) is 23.2 Å². The van der Waals surface area contributed by atoms with Gasteiger partial charge in [-0.25, -0.2) is 0 Å². The molecule has 0 bridgehead atoms. The minimum Gasteiger partial charge on any atom is -0.652 e. The van der Waals surface area contributed by atoms with Gasteiger partial charge in [-0.15, -0.1) is 0 Å². The average molecular weight is 202 g/mol. The van der Waals surface area contributed by atoms with Crippen molar-refractivity contribution in [3.8, 4) is 0 Å². The molecule has 0 saturated heterocycles. The number of rotatable bonds is 0. The third-order valence-corrected chi connectivity index (χ3v) is 0. The van der Waals surface area contributed by atoms with Crippen LogP contribution in [0.4, 0.5) is 9.59 Å². The van der Waals surface area contributed by atoms with Crippen LogP contribution in [0.15, 0.2) is 0 Å². The van der Waals surface area contributed by atoms with E-state index in [1.807, 2.05) is 0 Å². The zero-order chi connectivity index (χ0) is 7.15. The summed E-state index contributed by atoms with van der Waals surface area (Å²) in [4.78, 5) is 16.7. The fraction of sp³-hybridized carbons (Fsp3) is 0. The quantitative estimate of drug-likeness (QED) is 0.388. The van der Waals surface area contributed by atoms with Crippen LogP contribution < -0.4 is 26.6 Å². The summed E-state index contributed by atoms with van der Waals surface area (Å²) in [5.74, 6) is 0. The number of hydrogen-bond acceptors (Lipinski definition) is 6. The largest absolute Gasteiger partial charge is 0.652 e. The smallest absolute Gasteiger partial charge is 0 e. The van der Waals surface area contributed by atoms with Crippen molar-refractivity contribution in [3.05, 3.63) is 0 Å². The fourth-order valence-electron chi connectivity index (χ4n) is 0. The van der Waals surface area contributed by atoms with Gasteiger partial charge in [-0.3, -0.25) is 0 Å². The molecule has 7 nitrogen and oxygen atoms in total. The molecule has 1 radical (unpaired) electrons. The summed E-state index contributed by atoms with van der Waals surface area (Å²) in [6.45, 7) is 0. The van der Waals surface area contributed by atoms with E-state index in [9.17, 15) is 0 Å². The summed E-state index contributed by atoms with van der Waals surface area (Å²) in [5.41, 5.74) is 0.